The molecule has 4 rings (SSSR count). The largest absolute Gasteiger partial charge is 0.462 e. The Labute approximate surface area is 197 Å². The summed E-state index contributed by atoms with van der Waals surface area (Å²) in [5, 5.41) is 0.591. The predicted molar refractivity (Wildman–Crippen MR) is 131 cm³/mol. The predicted octanol–water partition coefficient (Wildman–Crippen LogP) is 5.76. The van der Waals surface area contributed by atoms with Crippen LogP contribution in [0.15, 0.2) is 83.8 Å². The average molecular weight is 479 g/mol. The highest BCUT2D eigenvalue weighted by Gasteiger charge is 2.22. The van der Waals surface area contributed by atoms with Gasteiger partial charge >= 0.3 is 5.97 Å². The van der Waals surface area contributed by atoms with Gasteiger partial charge in [-0.05, 0) is 38.1 Å². The van der Waals surface area contributed by atoms with E-state index in [1.165, 1.54) is 11.3 Å². The second kappa shape index (κ2) is 9.56. The maximum Gasteiger partial charge on any atom is 0.350 e. The van der Waals surface area contributed by atoms with Crippen molar-refractivity contribution < 1.29 is 17.9 Å². The summed E-state index contributed by atoms with van der Waals surface area (Å²) >= 11 is 1.22. The third-order valence-electron chi connectivity index (χ3n) is 4.83. The van der Waals surface area contributed by atoms with Crippen molar-refractivity contribution >= 4 is 33.0 Å². The second-order valence-electron chi connectivity index (χ2n) is 7.28. The van der Waals surface area contributed by atoms with Gasteiger partial charge in [-0.3, -0.25) is 4.72 Å². The standard InChI is InChI=1S/C25H22N2O4S2/c1-3-31-25(28)23-22(18-8-5-4-6-9-18)26-24(32-23)19-10-7-11-20(16-19)27-33(29,30)21-14-12-17(2)13-15-21/h4-16,27H,3H2,1-2H3. The molecule has 0 radical (unpaired) electrons. The SMILES string of the molecule is CCOC(=O)c1sc(-c2cccc(NS(=O)(=O)c3ccc(C)cc3)c2)nc1-c1ccccc1. The fourth-order valence-electron chi connectivity index (χ4n) is 3.22. The maximum absolute atomic E-state index is 12.8. The van der Waals surface area contributed by atoms with Crippen molar-refractivity contribution in [3.63, 3.8) is 0 Å². The Balaban J connectivity index is 1.69. The van der Waals surface area contributed by atoms with E-state index in [9.17, 15) is 13.2 Å². The minimum atomic E-state index is -3.74. The van der Waals surface area contributed by atoms with E-state index in [-0.39, 0.29) is 11.5 Å². The molecule has 8 heteroatoms. The smallest absolute Gasteiger partial charge is 0.350 e. The third-order valence-corrected chi connectivity index (χ3v) is 7.31. The number of rotatable bonds is 7. The maximum atomic E-state index is 12.8. The monoisotopic (exact) mass is 478 g/mol. The molecule has 1 heterocycles. The molecule has 0 saturated carbocycles. The van der Waals surface area contributed by atoms with Crippen molar-refractivity contribution in [2.24, 2.45) is 0 Å². The van der Waals surface area contributed by atoms with E-state index < -0.39 is 16.0 Å². The molecule has 3 aromatic carbocycles. The minimum absolute atomic E-state index is 0.184. The van der Waals surface area contributed by atoms with E-state index in [2.05, 4.69) is 4.72 Å². The van der Waals surface area contributed by atoms with Crippen LogP contribution in [-0.2, 0) is 14.8 Å². The highest BCUT2D eigenvalue weighted by Crippen LogP contribution is 2.35. The number of anilines is 1. The van der Waals surface area contributed by atoms with Gasteiger partial charge in [0.2, 0.25) is 0 Å². The van der Waals surface area contributed by atoms with Gasteiger partial charge in [-0.15, -0.1) is 11.3 Å². The van der Waals surface area contributed by atoms with Crippen molar-refractivity contribution in [2.75, 3.05) is 11.3 Å². The zero-order valence-electron chi connectivity index (χ0n) is 18.1. The molecule has 0 fully saturated rings. The first-order chi connectivity index (χ1) is 15.9. The molecule has 1 N–H and O–H groups in total. The molecule has 0 spiro atoms. The van der Waals surface area contributed by atoms with Crippen LogP contribution in [0.5, 0.6) is 0 Å². The number of ether oxygens (including phenoxy) is 1. The number of hydrogen-bond donors (Lipinski definition) is 1. The van der Waals surface area contributed by atoms with Gasteiger partial charge in [-0.1, -0.05) is 60.2 Å². The van der Waals surface area contributed by atoms with Crippen LogP contribution in [0.3, 0.4) is 0 Å². The molecule has 0 aliphatic rings. The van der Waals surface area contributed by atoms with Crippen molar-refractivity contribution in [1.82, 2.24) is 4.98 Å². The molecule has 0 saturated heterocycles. The first-order valence-corrected chi connectivity index (χ1v) is 12.6. The van der Waals surface area contributed by atoms with E-state index in [0.29, 0.717) is 26.8 Å². The average Bonchev–Trinajstić information content (AvgIpc) is 3.26. The lowest BCUT2D eigenvalue weighted by Gasteiger charge is -2.09. The van der Waals surface area contributed by atoms with Gasteiger partial charge < -0.3 is 4.74 Å². The van der Waals surface area contributed by atoms with Crippen LogP contribution in [0.2, 0.25) is 0 Å². The third kappa shape index (κ3) is 5.13. The molecule has 4 aromatic rings. The molecule has 33 heavy (non-hydrogen) atoms. The number of sulfonamides is 1. The number of benzene rings is 3. The van der Waals surface area contributed by atoms with Crippen LogP contribution in [0.1, 0.15) is 22.2 Å². The second-order valence-corrected chi connectivity index (χ2v) is 9.96. The van der Waals surface area contributed by atoms with Crippen molar-refractivity contribution in [3.05, 3.63) is 89.3 Å². The van der Waals surface area contributed by atoms with Gasteiger partial charge in [0.05, 0.1) is 17.2 Å². The summed E-state index contributed by atoms with van der Waals surface area (Å²) in [5.74, 6) is -0.434. The van der Waals surface area contributed by atoms with Crippen LogP contribution < -0.4 is 4.72 Å². The van der Waals surface area contributed by atoms with Crippen LogP contribution in [0, 0.1) is 6.92 Å². The van der Waals surface area contributed by atoms with Gasteiger partial charge in [0, 0.05) is 16.8 Å². The molecule has 0 amide bonds. The van der Waals surface area contributed by atoms with Crippen LogP contribution in [-0.4, -0.2) is 26.0 Å². The summed E-state index contributed by atoms with van der Waals surface area (Å²) in [6, 6.07) is 23.0. The molecule has 0 aliphatic carbocycles. The summed E-state index contributed by atoms with van der Waals surface area (Å²) in [7, 11) is -3.74. The molecular formula is C25H22N2O4S2. The summed E-state index contributed by atoms with van der Waals surface area (Å²) in [4.78, 5) is 17.9. The molecule has 6 nitrogen and oxygen atoms in total. The zero-order valence-corrected chi connectivity index (χ0v) is 19.7. The van der Waals surface area contributed by atoms with Crippen LogP contribution in [0.4, 0.5) is 5.69 Å². The molecule has 0 aliphatic heterocycles. The van der Waals surface area contributed by atoms with Gasteiger partial charge in [-0.25, -0.2) is 18.2 Å². The Morgan fingerprint density at radius 1 is 0.970 bits per heavy atom. The van der Waals surface area contributed by atoms with Gasteiger partial charge in [0.1, 0.15) is 9.88 Å². The van der Waals surface area contributed by atoms with Crippen molar-refractivity contribution in [1.29, 1.82) is 0 Å². The molecule has 1 aromatic heterocycles. The van der Waals surface area contributed by atoms with E-state index >= 15 is 0 Å². The van der Waals surface area contributed by atoms with E-state index in [4.69, 9.17) is 9.72 Å². The molecule has 0 unspecified atom stereocenters. The van der Waals surface area contributed by atoms with E-state index in [1.54, 1.807) is 49.4 Å². The number of nitrogens with zero attached hydrogens (tertiary/aromatic N) is 1. The number of nitrogens with one attached hydrogen (secondary N) is 1. The number of carbonyl (C=O) groups is 1. The van der Waals surface area contributed by atoms with Crippen LogP contribution in [0.25, 0.3) is 21.8 Å². The Morgan fingerprint density at radius 3 is 2.36 bits per heavy atom. The Bertz CT molecular complexity index is 1380. The molecule has 168 valence electrons. The number of aromatic nitrogens is 1. The Morgan fingerprint density at radius 2 is 1.67 bits per heavy atom. The molecule has 0 atom stereocenters. The Hall–Kier alpha value is -3.49. The molecule has 0 bridgehead atoms. The lowest BCUT2D eigenvalue weighted by atomic mass is 10.1. The Kier molecular flexibility index (Phi) is 6.57. The summed E-state index contributed by atoms with van der Waals surface area (Å²) in [6.07, 6.45) is 0. The lowest BCUT2D eigenvalue weighted by molar-refractivity contribution is 0.0532. The number of thiazole rings is 1. The fourth-order valence-corrected chi connectivity index (χ4v) is 5.24. The number of carbonyl (C=O) groups excluding carboxylic acids is 1. The normalized spacial score (nSPS) is 11.2. The fraction of sp³-hybridized carbons (Fsp3) is 0.120. The number of hydrogen-bond acceptors (Lipinski definition) is 6. The highest BCUT2D eigenvalue weighted by molar-refractivity contribution is 7.92. The van der Waals surface area contributed by atoms with Gasteiger partial charge in [-0.2, -0.15) is 0 Å². The zero-order chi connectivity index (χ0) is 23.4. The van der Waals surface area contributed by atoms with Crippen LogP contribution >= 0.6 is 11.3 Å². The summed E-state index contributed by atoms with van der Waals surface area (Å²) in [6.45, 7) is 3.91. The van der Waals surface area contributed by atoms with Crippen molar-refractivity contribution in [2.45, 2.75) is 18.7 Å². The van der Waals surface area contributed by atoms with E-state index in [0.717, 1.165) is 11.1 Å². The minimum Gasteiger partial charge on any atom is -0.462 e. The summed E-state index contributed by atoms with van der Waals surface area (Å²) in [5.41, 5.74) is 3.42. The summed E-state index contributed by atoms with van der Waals surface area (Å²) < 4.78 is 33.4. The number of aryl methyl sites for hydroxylation is 1. The van der Waals surface area contributed by atoms with Crippen molar-refractivity contribution in [3.8, 4) is 21.8 Å². The first-order valence-electron chi connectivity index (χ1n) is 10.3. The first kappa shape index (κ1) is 22.7. The van der Waals surface area contributed by atoms with Gasteiger partial charge in [0.25, 0.3) is 10.0 Å². The number of esters is 1. The quantitative estimate of drug-likeness (QED) is 0.341. The van der Waals surface area contributed by atoms with Gasteiger partial charge in [0.15, 0.2) is 0 Å². The lowest BCUT2D eigenvalue weighted by Crippen LogP contribution is -2.12. The van der Waals surface area contributed by atoms with E-state index in [1.807, 2.05) is 43.3 Å². The highest BCUT2D eigenvalue weighted by atomic mass is 32.2. The molecular weight excluding hydrogens is 456 g/mol. The topological polar surface area (TPSA) is 85.4 Å².